The van der Waals surface area contributed by atoms with Crippen LogP contribution in [0.1, 0.15) is 90.2 Å². The molecule has 4 aromatic carbocycles. The maximum absolute atomic E-state index is 13.8. The summed E-state index contributed by atoms with van der Waals surface area (Å²) in [6.07, 6.45) is 6.07. The Morgan fingerprint density at radius 3 is 1.50 bits per heavy atom. The molecule has 78 heavy (non-hydrogen) atoms. The van der Waals surface area contributed by atoms with Crippen molar-refractivity contribution in [2.75, 3.05) is 112 Å². The monoisotopic (exact) mass is 1100 g/mol. The number of unbranched alkanes of at least 4 members (excludes halogenated alkanes) is 2. The molecule has 0 spiro atoms. The predicted octanol–water partition coefficient (Wildman–Crippen LogP) is 11.2. The number of ether oxygens (including phenoxy) is 4. The van der Waals surface area contributed by atoms with Crippen LogP contribution < -0.4 is 29.1 Å². The van der Waals surface area contributed by atoms with Crippen molar-refractivity contribution in [2.24, 2.45) is 10.8 Å². The van der Waals surface area contributed by atoms with Crippen molar-refractivity contribution in [3.63, 3.8) is 0 Å². The van der Waals surface area contributed by atoms with E-state index in [0.717, 1.165) is 102 Å². The Hall–Kier alpha value is -6.20. The van der Waals surface area contributed by atoms with Crippen LogP contribution in [0.2, 0.25) is 0 Å². The van der Waals surface area contributed by atoms with Crippen LogP contribution in [0.25, 0.3) is 20.2 Å². The van der Waals surface area contributed by atoms with Gasteiger partial charge in [-0.05, 0) is 148 Å². The summed E-state index contributed by atoms with van der Waals surface area (Å²) in [6, 6.07) is 29.3. The van der Waals surface area contributed by atoms with Gasteiger partial charge in [-0.2, -0.15) is 0 Å². The predicted molar refractivity (Wildman–Crippen MR) is 314 cm³/mol. The van der Waals surface area contributed by atoms with E-state index < -0.39 is 22.8 Å². The molecule has 14 nitrogen and oxygen atoms in total. The first-order valence-electron chi connectivity index (χ1n) is 28.1. The van der Waals surface area contributed by atoms with Crippen molar-refractivity contribution >= 4 is 89.3 Å². The number of anilines is 4. The summed E-state index contributed by atoms with van der Waals surface area (Å²) in [6.45, 7) is 18.4. The SMILES string of the molecule is CC(C)(CC(=O)OCN1C(=O)CCc2ccc(OCCCCN3CCN(c4cccc5sccc45)CC3)cc21)CC(C)(C)C(=O)OCN1C(=O)CCc2ccc(OCCCCN3CCN(c4cccc5sccc45)CC3)cc21. The van der Waals surface area contributed by atoms with Crippen LogP contribution in [0.5, 0.6) is 11.5 Å². The largest absolute Gasteiger partial charge is 0.494 e. The van der Waals surface area contributed by atoms with E-state index in [4.69, 9.17) is 18.9 Å². The van der Waals surface area contributed by atoms with E-state index in [9.17, 15) is 19.2 Å². The summed E-state index contributed by atoms with van der Waals surface area (Å²) in [7, 11) is 0. The van der Waals surface area contributed by atoms with E-state index >= 15 is 0 Å². The lowest BCUT2D eigenvalue weighted by Gasteiger charge is -2.36. The molecule has 4 aliphatic rings. The van der Waals surface area contributed by atoms with Gasteiger partial charge in [0.25, 0.3) is 0 Å². The third kappa shape index (κ3) is 13.4. The fourth-order valence-electron chi connectivity index (χ4n) is 11.9. The molecule has 2 fully saturated rings. The van der Waals surface area contributed by atoms with Crippen molar-refractivity contribution in [2.45, 2.75) is 91.9 Å². The molecule has 0 unspecified atom stereocenters. The maximum atomic E-state index is 13.8. The highest BCUT2D eigenvalue weighted by molar-refractivity contribution is 7.17. The highest BCUT2D eigenvalue weighted by Crippen LogP contribution is 2.40. The standard InChI is InChI=1S/C62H76N6O8S2/c1-61(2,41-59(71)75-43-67-53-39-47(19-15-45(53)17-21-57(67)69)73-35-7-5-25-63-27-31-65(32-28-63)51-11-9-13-55-49(51)23-37-77-55)42-62(3,4)60(72)76-44-68-54-40-48(20-16-46(54)18-22-58(68)70)74-36-8-6-26-64-29-33-66(34-30-64)52-12-10-14-56-50(52)24-38-78-56/h9-16,19-20,23-24,37-40H,5-8,17-18,21-22,25-36,41-44H2,1-4H3. The summed E-state index contributed by atoms with van der Waals surface area (Å²) in [4.78, 5) is 67.0. The topological polar surface area (TPSA) is 125 Å². The number of fused-ring (bicyclic) bond motifs is 4. The molecule has 10 rings (SSSR count). The smallest absolute Gasteiger partial charge is 0.313 e. The Labute approximate surface area is 467 Å². The van der Waals surface area contributed by atoms with Gasteiger partial charge in [0, 0.05) is 109 Å². The van der Waals surface area contributed by atoms with Crippen molar-refractivity contribution in [1.29, 1.82) is 0 Å². The summed E-state index contributed by atoms with van der Waals surface area (Å²) >= 11 is 3.59. The zero-order chi connectivity index (χ0) is 54.2. The Morgan fingerprint density at radius 1 is 0.538 bits per heavy atom. The Balaban J connectivity index is 0.632. The van der Waals surface area contributed by atoms with Crippen LogP contribution in [-0.2, 0) is 41.5 Å². The molecule has 2 amide bonds. The number of esters is 2. The highest BCUT2D eigenvalue weighted by atomic mass is 32.1. The molecule has 0 aliphatic carbocycles. The first kappa shape index (κ1) is 55.1. The van der Waals surface area contributed by atoms with E-state index in [2.05, 4.69) is 78.9 Å². The van der Waals surface area contributed by atoms with Gasteiger partial charge in [0.2, 0.25) is 11.8 Å². The number of rotatable bonds is 23. The number of amides is 2. The number of thiophene rings is 2. The van der Waals surface area contributed by atoms with Crippen LogP contribution in [0.3, 0.4) is 0 Å². The summed E-state index contributed by atoms with van der Waals surface area (Å²) in [5.74, 6) is 0.191. The van der Waals surface area contributed by atoms with Gasteiger partial charge in [0.1, 0.15) is 11.5 Å². The number of benzene rings is 4. The Bertz CT molecular complexity index is 3060. The molecule has 0 N–H and O–H groups in total. The highest BCUT2D eigenvalue weighted by Gasteiger charge is 2.39. The number of hydrogen-bond acceptors (Lipinski definition) is 14. The molecule has 2 aromatic heterocycles. The minimum absolute atomic E-state index is 0.0223. The van der Waals surface area contributed by atoms with Crippen molar-refractivity contribution in [3.8, 4) is 11.5 Å². The van der Waals surface area contributed by atoms with Gasteiger partial charge in [-0.3, -0.25) is 38.8 Å². The first-order valence-corrected chi connectivity index (χ1v) is 29.8. The number of aryl methyl sites for hydroxylation is 2. The normalized spacial score (nSPS) is 16.7. The lowest BCUT2D eigenvalue weighted by atomic mass is 9.73. The van der Waals surface area contributed by atoms with Gasteiger partial charge < -0.3 is 28.7 Å². The number of hydrogen-bond donors (Lipinski definition) is 0. The lowest BCUT2D eigenvalue weighted by molar-refractivity contribution is -0.158. The van der Waals surface area contributed by atoms with Crippen molar-refractivity contribution in [1.82, 2.24) is 9.80 Å². The minimum Gasteiger partial charge on any atom is -0.494 e. The van der Waals surface area contributed by atoms with Gasteiger partial charge >= 0.3 is 11.9 Å². The second kappa shape index (κ2) is 24.9. The second-order valence-corrected chi connectivity index (χ2v) is 24.7. The molecule has 0 saturated carbocycles. The Kier molecular flexibility index (Phi) is 17.6. The second-order valence-electron chi connectivity index (χ2n) is 22.8. The summed E-state index contributed by atoms with van der Waals surface area (Å²) in [5.41, 5.74) is 4.42. The van der Waals surface area contributed by atoms with Crippen LogP contribution in [-0.4, -0.2) is 126 Å². The molecule has 6 heterocycles. The van der Waals surface area contributed by atoms with Crippen LogP contribution >= 0.6 is 22.7 Å². The number of nitrogens with zero attached hydrogens (tertiary/aromatic N) is 6. The average Bonchev–Trinajstić information content (AvgIpc) is 4.14. The number of carbonyl (C=O) groups is 4. The van der Waals surface area contributed by atoms with E-state index in [-0.39, 0.29) is 31.7 Å². The molecule has 0 radical (unpaired) electrons. The van der Waals surface area contributed by atoms with Gasteiger partial charge in [-0.1, -0.05) is 38.1 Å². The average molecular weight is 1100 g/mol. The molecule has 4 aliphatic heterocycles. The molecular weight excluding hydrogens is 1020 g/mol. The molecule has 6 aromatic rings. The Morgan fingerprint density at radius 2 is 1.01 bits per heavy atom. The number of carbonyl (C=O) groups excluding carboxylic acids is 4. The first-order chi connectivity index (χ1) is 37.8. The van der Waals surface area contributed by atoms with E-state index in [1.165, 1.54) is 41.3 Å². The molecule has 0 bridgehead atoms. The van der Waals surface area contributed by atoms with Crippen LogP contribution in [0, 0.1) is 10.8 Å². The molecular formula is C62H76N6O8S2. The van der Waals surface area contributed by atoms with E-state index in [1.54, 1.807) is 36.5 Å². The molecule has 2 saturated heterocycles. The molecule has 414 valence electrons. The number of piperazine rings is 2. The van der Waals surface area contributed by atoms with Crippen molar-refractivity contribution in [3.05, 3.63) is 107 Å². The zero-order valence-electron chi connectivity index (χ0n) is 46.0. The van der Waals surface area contributed by atoms with Gasteiger partial charge in [-0.25, -0.2) is 0 Å². The van der Waals surface area contributed by atoms with Gasteiger partial charge in [-0.15, -0.1) is 22.7 Å². The maximum Gasteiger partial charge on any atom is 0.313 e. The van der Waals surface area contributed by atoms with Crippen LogP contribution in [0.15, 0.2) is 95.7 Å². The van der Waals surface area contributed by atoms with Crippen molar-refractivity contribution < 1.29 is 38.1 Å². The molecule has 0 atom stereocenters. The summed E-state index contributed by atoms with van der Waals surface area (Å²) in [5, 5.41) is 7.04. The van der Waals surface area contributed by atoms with E-state index in [0.29, 0.717) is 68.2 Å². The van der Waals surface area contributed by atoms with E-state index in [1.807, 2.05) is 50.2 Å². The quantitative estimate of drug-likeness (QED) is 0.0448. The lowest BCUT2D eigenvalue weighted by Crippen LogP contribution is -2.46. The third-order valence-corrected chi connectivity index (χ3v) is 17.7. The fourth-order valence-corrected chi connectivity index (χ4v) is 13.5. The van der Waals surface area contributed by atoms with Gasteiger partial charge in [0.15, 0.2) is 13.5 Å². The van der Waals surface area contributed by atoms with Gasteiger partial charge in [0.05, 0.1) is 36.4 Å². The summed E-state index contributed by atoms with van der Waals surface area (Å²) < 4.78 is 26.8. The van der Waals surface area contributed by atoms with Crippen LogP contribution in [0.4, 0.5) is 22.7 Å². The molecule has 16 heteroatoms. The third-order valence-electron chi connectivity index (χ3n) is 15.9. The fraction of sp³-hybridized carbons (Fsp3) is 0.484. The minimum atomic E-state index is -0.990. The zero-order valence-corrected chi connectivity index (χ0v) is 47.6.